The fourth-order valence-corrected chi connectivity index (χ4v) is 3.75. The van der Waals surface area contributed by atoms with Crippen LogP contribution >= 0.6 is 0 Å². The van der Waals surface area contributed by atoms with E-state index < -0.39 is 35.1 Å². The minimum absolute atomic E-state index is 0.0838. The van der Waals surface area contributed by atoms with Gasteiger partial charge in [0, 0.05) is 13.5 Å². The molecule has 1 atom stereocenters. The third-order valence-corrected chi connectivity index (χ3v) is 5.57. The van der Waals surface area contributed by atoms with Gasteiger partial charge in [0.15, 0.2) is 0 Å². The fraction of sp³-hybridized carbons (Fsp3) is 0.714. The lowest BCUT2D eigenvalue weighted by Crippen LogP contribution is -2.65. The molecule has 27 heavy (non-hydrogen) atoms. The number of halogens is 5. The average Bonchev–Trinajstić information content (AvgIpc) is 2.67. The molecule has 0 radical (unpaired) electrons. The largest absolute Gasteiger partial charge is 0.374 e. The van der Waals surface area contributed by atoms with Gasteiger partial charge in [0.25, 0.3) is 0 Å². The molecule has 1 aromatic rings. The second-order valence-corrected chi connectivity index (χ2v) is 7.02. The summed E-state index contributed by atoms with van der Waals surface area (Å²) >= 11 is 0. The van der Waals surface area contributed by atoms with Gasteiger partial charge in [0.2, 0.25) is 5.67 Å². The number of rotatable bonds is 12. The first kappa shape index (κ1) is 23.9. The van der Waals surface area contributed by atoms with E-state index >= 15 is 13.2 Å². The Hall–Kier alpha value is -1.17. The van der Waals surface area contributed by atoms with Gasteiger partial charge in [-0.1, -0.05) is 70.4 Å². The summed E-state index contributed by atoms with van der Waals surface area (Å²) in [6, 6.07) is 6.51. The van der Waals surface area contributed by atoms with Gasteiger partial charge in [0.1, 0.15) is 5.60 Å². The zero-order valence-corrected chi connectivity index (χ0v) is 16.6. The Morgan fingerprint density at radius 1 is 0.815 bits per heavy atom. The Balaban J connectivity index is 3.49. The first-order chi connectivity index (χ1) is 12.6. The highest BCUT2D eigenvalue weighted by atomic mass is 19.3. The predicted octanol–water partition coefficient (Wildman–Crippen LogP) is 7.30. The minimum atomic E-state index is -4.93. The van der Waals surface area contributed by atoms with Crippen molar-refractivity contribution in [2.75, 3.05) is 7.11 Å². The zero-order valence-electron chi connectivity index (χ0n) is 16.6. The highest BCUT2D eigenvalue weighted by Gasteiger charge is 2.76. The Kier molecular flexibility index (Phi) is 8.27. The van der Waals surface area contributed by atoms with Gasteiger partial charge in [-0.25, -0.2) is 4.39 Å². The van der Waals surface area contributed by atoms with Crippen LogP contribution in [0.5, 0.6) is 0 Å². The average molecular weight is 394 g/mol. The SMILES string of the molecule is CCCCCCC(F)(F)C(F)(F)C(F)(c1ccccc1)C(CC)(CC)OC. The minimum Gasteiger partial charge on any atom is -0.374 e. The molecule has 0 bridgehead atoms. The third-order valence-electron chi connectivity index (χ3n) is 5.57. The quantitative estimate of drug-likeness (QED) is 0.267. The number of ether oxygens (including phenoxy) is 1. The lowest BCUT2D eigenvalue weighted by molar-refractivity contribution is -0.325. The van der Waals surface area contributed by atoms with Crippen molar-refractivity contribution in [2.45, 2.75) is 88.8 Å². The standard InChI is InChI=1S/C21H31F5O/c1-5-8-9-13-16-19(22,23)21(25,26)20(24,17-14-11-10-12-15-17)18(6-2,7-3)27-4/h10-12,14-15H,5-9,13,16H2,1-4H3. The molecule has 0 spiro atoms. The molecule has 0 saturated heterocycles. The van der Waals surface area contributed by atoms with Crippen molar-refractivity contribution in [3.63, 3.8) is 0 Å². The van der Waals surface area contributed by atoms with Crippen LogP contribution in [0.25, 0.3) is 0 Å². The molecule has 1 nitrogen and oxygen atoms in total. The van der Waals surface area contributed by atoms with E-state index in [2.05, 4.69) is 0 Å². The normalized spacial score (nSPS) is 15.6. The van der Waals surface area contributed by atoms with Crippen molar-refractivity contribution in [2.24, 2.45) is 0 Å². The van der Waals surface area contributed by atoms with Crippen LogP contribution < -0.4 is 0 Å². The van der Waals surface area contributed by atoms with Gasteiger partial charge in [0.05, 0.1) is 0 Å². The molecule has 0 amide bonds. The second-order valence-electron chi connectivity index (χ2n) is 7.02. The molecule has 0 heterocycles. The maximum Gasteiger partial charge on any atom is 0.350 e. The zero-order chi connectivity index (χ0) is 20.8. The maximum absolute atomic E-state index is 16.3. The second kappa shape index (κ2) is 9.35. The lowest BCUT2D eigenvalue weighted by atomic mass is 9.69. The van der Waals surface area contributed by atoms with E-state index in [4.69, 9.17) is 4.74 Å². The van der Waals surface area contributed by atoms with Crippen LogP contribution in [0.15, 0.2) is 30.3 Å². The number of unbranched alkanes of at least 4 members (excludes halogenated alkanes) is 3. The Labute approximate surface area is 159 Å². The molecule has 156 valence electrons. The van der Waals surface area contributed by atoms with Gasteiger partial charge in [-0.2, -0.15) is 17.6 Å². The maximum atomic E-state index is 16.3. The number of hydrogen-bond donors (Lipinski definition) is 0. The van der Waals surface area contributed by atoms with E-state index in [0.717, 1.165) is 25.7 Å². The first-order valence-electron chi connectivity index (χ1n) is 9.65. The summed E-state index contributed by atoms with van der Waals surface area (Å²) in [5.74, 6) is -9.44. The molecule has 1 aromatic carbocycles. The molecule has 1 rings (SSSR count). The summed E-state index contributed by atoms with van der Waals surface area (Å²) in [4.78, 5) is 0. The van der Waals surface area contributed by atoms with Crippen LogP contribution in [0, 0.1) is 0 Å². The van der Waals surface area contributed by atoms with Crippen LogP contribution in [0.2, 0.25) is 0 Å². The molecule has 0 fully saturated rings. The van der Waals surface area contributed by atoms with Gasteiger partial charge in [-0.05, 0) is 24.8 Å². The van der Waals surface area contributed by atoms with E-state index in [-0.39, 0.29) is 19.3 Å². The van der Waals surface area contributed by atoms with E-state index in [1.807, 2.05) is 6.92 Å². The summed E-state index contributed by atoms with van der Waals surface area (Å²) in [6.45, 7) is 4.84. The van der Waals surface area contributed by atoms with Crippen LogP contribution in [-0.4, -0.2) is 24.6 Å². The van der Waals surface area contributed by atoms with Crippen molar-refractivity contribution in [3.8, 4) is 0 Å². The molecule has 0 N–H and O–H groups in total. The van der Waals surface area contributed by atoms with Crippen LogP contribution in [0.3, 0.4) is 0 Å². The molecule has 0 aliphatic rings. The molecular weight excluding hydrogens is 363 g/mol. The summed E-state index contributed by atoms with van der Waals surface area (Å²) < 4.78 is 81.5. The van der Waals surface area contributed by atoms with Gasteiger partial charge >= 0.3 is 11.8 Å². The molecule has 0 saturated carbocycles. The summed E-state index contributed by atoms with van der Waals surface area (Å²) in [6.07, 6.45) is 0.374. The van der Waals surface area contributed by atoms with Crippen molar-refractivity contribution in [3.05, 3.63) is 35.9 Å². The summed E-state index contributed by atoms with van der Waals surface area (Å²) in [5.41, 5.74) is -6.24. The molecule has 0 aromatic heterocycles. The monoisotopic (exact) mass is 394 g/mol. The topological polar surface area (TPSA) is 9.23 Å². The highest BCUT2D eigenvalue weighted by Crippen LogP contribution is 2.59. The van der Waals surface area contributed by atoms with Crippen molar-refractivity contribution in [1.82, 2.24) is 0 Å². The Bertz CT molecular complexity index is 549. The first-order valence-corrected chi connectivity index (χ1v) is 9.65. The lowest BCUT2D eigenvalue weighted by Gasteiger charge is -2.49. The van der Waals surface area contributed by atoms with Gasteiger partial charge in [-0.3, -0.25) is 0 Å². The number of alkyl halides is 5. The Morgan fingerprint density at radius 3 is 1.81 bits per heavy atom. The van der Waals surface area contributed by atoms with Crippen molar-refractivity contribution in [1.29, 1.82) is 0 Å². The van der Waals surface area contributed by atoms with Crippen LogP contribution in [0.1, 0.15) is 71.3 Å². The van der Waals surface area contributed by atoms with Gasteiger partial charge < -0.3 is 4.74 Å². The predicted molar refractivity (Wildman–Crippen MR) is 98.2 cm³/mol. The van der Waals surface area contributed by atoms with E-state index in [1.54, 1.807) is 0 Å². The Morgan fingerprint density at radius 2 is 1.37 bits per heavy atom. The van der Waals surface area contributed by atoms with Crippen molar-refractivity contribution < 1.29 is 26.7 Å². The summed E-state index contributed by atoms with van der Waals surface area (Å²) in [7, 11) is 1.10. The van der Waals surface area contributed by atoms with Crippen molar-refractivity contribution >= 4 is 0 Å². The van der Waals surface area contributed by atoms with Crippen LogP contribution in [-0.2, 0) is 10.4 Å². The molecule has 1 unspecified atom stereocenters. The van der Waals surface area contributed by atoms with E-state index in [0.29, 0.717) is 12.8 Å². The molecule has 0 aliphatic heterocycles. The molecule has 6 heteroatoms. The number of benzene rings is 1. The fourth-order valence-electron chi connectivity index (χ4n) is 3.75. The number of methoxy groups -OCH3 is 1. The molecular formula is C21H31F5O. The summed E-state index contributed by atoms with van der Waals surface area (Å²) in [5, 5.41) is 0. The third kappa shape index (κ3) is 4.15. The number of hydrogen-bond acceptors (Lipinski definition) is 1. The highest BCUT2D eigenvalue weighted by molar-refractivity contribution is 5.32. The van der Waals surface area contributed by atoms with E-state index in [1.165, 1.54) is 32.0 Å². The van der Waals surface area contributed by atoms with Gasteiger partial charge in [-0.15, -0.1) is 0 Å². The van der Waals surface area contributed by atoms with Crippen LogP contribution in [0.4, 0.5) is 22.0 Å². The molecule has 0 aliphatic carbocycles. The smallest absolute Gasteiger partial charge is 0.350 e. The van der Waals surface area contributed by atoms with E-state index in [9.17, 15) is 8.78 Å².